The summed E-state index contributed by atoms with van der Waals surface area (Å²) in [6.07, 6.45) is 4.54. The molecule has 24 heavy (non-hydrogen) atoms. The summed E-state index contributed by atoms with van der Waals surface area (Å²) in [5.41, 5.74) is 0.315. The van der Waals surface area contributed by atoms with E-state index in [0.717, 1.165) is 30.7 Å². The quantitative estimate of drug-likeness (QED) is 0.676. The molecule has 2 aromatic carbocycles. The van der Waals surface area contributed by atoms with E-state index in [-0.39, 0.29) is 5.56 Å². The first kappa shape index (κ1) is 17.9. The zero-order valence-corrected chi connectivity index (χ0v) is 13.6. The third kappa shape index (κ3) is 5.33. The van der Waals surface area contributed by atoms with Crippen molar-refractivity contribution in [3.8, 4) is 5.75 Å². The van der Waals surface area contributed by atoms with Crippen LogP contribution < -0.4 is 10.1 Å². The summed E-state index contributed by atoms with van der Waals surface area (Å²) in [4.78, 5) is 12.0. The van der Waals surface area contributed by atoms with E-state index >= 15 is 0 Å². The van der Waals surface area contributed by atoms with E-state index < -0.39 is 17.5 Å². The van der Waals surface area contributed by atoms with E-state index in [0.29, 0.717) is 18.4 Å². The molecule has 0 aliphatic carbocycles. The van der Waals surface area contributed by atoms with Crippen LogP contribution in [0.2, 0.25) is 0 Å². The molecule has 1 amide bonds. The number of carbonyl (C=O) groups excluding carboxylic acids is 1. The number of rotatable bonds is 8. The third-order valence-electron chi connectivity index (χ3n) is 3.55. The fraction of sp³-hybridized carbons (Fsp3) is 0.316. The summed E-state index contributed by atoms with van der Waals surface area (Å²) in [5.74, 6) is -1.51. The molecular formula is C19H21F2NO2. The van der Waals surface area contributed by atoms with Gasteiger partial charge in [0.05, 0.1) is 12.2 Å². The molecule has 0 bridgehead atoms. The smallest absolute Gasteiger partial charge is 0.258 e. The minimum absolute atomic E-state index is 0.201. The second-order valence-corrected chi connectivity index (χ2v) is 5.51. The molecule has 1 N–H and O–H groups in total. The van der Waals surface area contributed by atoms with Crippen LogP contribution in [0.1, 0.15) is 43.0 Å². The molecule has 0 radical (unpaired) electrons. The predicted molar refractivity (Wildman–Crippen MR) is 90.4 cm³/mol. The van der Waals surface area contributed by atoms with Crippen LogP contribution in [0.15, 0.2) is 42.5 Å². The summed E-state index contributed by atoms with van der Waals surface area (Å²) in [6.45, 7) is 2.82. The van der Waals surface area contributed by atoms with Crippen molar-refractivity contribution in [2.75, 3.05) is 11.9 Å². The van der Waals surface area contributed by atoms with Gasteiger partial charge < -0.3 is 10.1 Å². The maximum Gasteiger partial charge on any atom is 0.258 e. The monoisotopic (exact) mass is 333 g/mol. The molecule has 0 saturated heterocycles. The van der Waals surface area contributed by atoms with E-state index in [1.54, 1.807) is 24.3 Å². The first-order valence-electron chi connectivity index (χ1n) is 8.09. The molecule has 2 rings (SSSR count). The van der Waals surface area contributed by atoms with Crippen molar-refractivity contribution in [3.63, 3.8) is 0 Å². The zero-order valence-electron chi connectivity index (χ0n) is 13.6. The molecule has 5 heteroatoms. The third-order valence-corrected chi connectivity index (χ3v) is 3.55. The van der Waals surface area contributed by atoms with E-state index in [4.69, 9.17) is 4.74 Å². The van der Waals surface area contributed by atoms with Crippen molar-refractivity contribution >= 4 is 11.6 Å². The highest BCUT2D eigenvalue weighted by molar-refractivity contribution is 6.04. The van der Waals surface area contributed by atoms with E-state index in [1.165, 1.54) is 12.8 Å². The highest BCUT2D eigenvalue weighted by atomic mass is 19.1. The van der Waals surface area contributed by atoms with Crippen molar-refractivity contribution in [1.82, 2.24) is 0 Å². The number of ether oxygens (including phenoxy) is 1. The Labute approximate surface area is 140 Å². The normalized spacial score (nSPS) is 10.5. The van der Waals surface area contributed by atoms with Gasteiger partial charge in [-0.25, -0.2) is 8.78 Å². The van der Waals surface area contributed by atoms with Gasteiger partial charge in [-0.1, -0.05) is 26.2 Å². The number of hydrogen-bond acceptors (Lipinski definition) is 2. The maximum absolute atomic E-state index is 13.6. The molecule has 0 unspecified atom stereocenters. The number of amides is 1. The zero-order chi connectivity index (χ0) is 17.4. The largest absolute Gasteiger partial charge is 0.494 e. The predicted octanol–water partition coefficient (Wildman–Crippen LogP) is 5.18. The van der Waals surface area contributed by atoms with Gasteiger partial charge >= 0.3 is 0 Å². The van der Waals surface area contributed by atoms with Gasteiger partial charge in [-0.2, -0.15) is 0 Å². The summed E-state index contributed by atoms with van der Waals surface area (Å²) >= 11 is 0. The summed E-state index contributed by atoms with van der Waals surface area (Å²) in [7, 11) is 0. The van der Waals surface area contributed by atoms with Crippen LogP contribution in [0, 0.1) is 11.6 Å². The Bertz CT molecular complexity index is 672. The lowest BCUT2D eigenvalue weighted by Crippen LogP contribution is -2.13. The average Bonchev–Trinajstić information content (AvgIpc) is 2.56. The minimum atomic E-state index is -0.889. The Morgan fingerprint density at radius 2 is 1.79 bits per heavy atom. The molecule has 0 heterocycles. The lowest BCUT2D eigenvalue weighted by Gasteiger charge is -2.09. The number of carbonyl (C=O) groups is 1. The second-order valence-electron chi connectivity index (χ2n) is 5.51. The summed E-state index contributed by atoms with van der Waals surface area (Å²) in [5, 5.41) is 2.57. The number of benzene rings is 2. The Hall–Kier alpha value is -2.43. The van der Waals surface area contributed by atoms with E-state index in [1.807, 2.05) is 0 Å². The number of anilines is 1. The molecule has 2 aromatic rings. The van der Waals surface area contributed by atoms with Crippen LogP contribution in [0.25, 0.3) is 0 Å². The molecule has 0 fully saturated rings. The second kappa shape index (κ2) is 9.01. The fourth-order valence-corrected chi connectivity index (χ4v) is 2.23. The first-order chi connectivity index (χ1) is 11.6. The van der Waals surface area contributed by atoms with Gasteiger partial charge in [0, 0.05) is 11.8 Å². The maximum atomic E-state index is 13.6. The lowest BCUT2D eigenvalue weighted by atomic mass is 10.2. The Kier molecular flexibility index (Phi) is 6.73. The molecule has 0 atom stereocenters. The van der Waals surface area contributed by atoms with Gasteiger partial charge in [0.2, 0.25) is 0 Å². The van der Waals surface area contributed by atoms with Gasteiger partial charge in [-0.05, 0) is 42.8 Å². The molecule has 0 aliphatic rings. The van der Waals surface area contributed by atoms with Crippen molar-refractivity contribution < 1.29 is 18.3 Å². The van der Waals surface area contributed by atoms with Crippen LogP contribution >= 0.6 is 0 Å². The summed E-state index contributed by atoms with van der Waals surface area (Å²) < 4.78 is 32.1. The van der Waals surface area contributed by atoms with Crippen LogP contribution in [-0.2, 0) is 0 Å². The van der Waals surface area contributed by atoms with Gasteiger partial charge in [0.25, 0.3) is 5.91 Å². The number of nitrogens with one attached hydrogen (secondary N) is 1. The number of hydrogen-bond donors (Lipinski definition) is 1. The molecule has 3 nitrogen and oxygen atoms in total. The minimum Gasteiger partial charge on any atom is -0.494 e. The number of halogens is 2. The van der Waals surface area contributed by atoms with Crippen LogP contribution in [0.5, 0.6) is 5.75 Å². The Morgan fingerprint density at radius 3 is 2.46 bits per heavy atom. The molecule has 0 aromatic heterocycles. The number of unbranched alkanes of at least 4 members (excludes halogenated alkanes) is 3. The van der Waals surface area contributed by atoms with Crippen LogP contribution in [-0.4, -0.2) is 12.5 Å². The fourth-order valence-electron chi connectivity index (χ4n) is 2.23. The highest BCUT2D eigenvalue weighted by Crippen LogP contribution is 2.18. The molecule has 0 aliphatic heterocycles. The van der Waals surface area contributed by atoms with Crippen molar-refractivity contribution in [2.45, 2.75) is 32.6 Å². The standard InChI is InChI=1S/C19H21F2NO2/c1-2-3-4-5-12-24-16-9-7-15(8-10-16)22-19(23)17-11-6-14(20)13-18(17)21/h6-11,13H,2-5,12H2,1H3,(H,22,23). The lowest BCUT2D eigenvalue weighted by molar-refractivity contribution is 0.102. The van der Waals surface area contributed by atoms with Crippen LogP contribution in [0.3, 0.4) is 0 Å². The van der Waals surface area contributed by atoms with Gasteiger partial charge in [0.15, 0.2) is 0 Å². The highest BCUT2D eigenvalue weighted by Gasteiger charge is 2.12. The molecule has 0 spiro atoms. The van der Waals surface area contributed by atoms with E-state index in [9.17, 15) is 13.6 Å². The van der Waals surface area contributed by atoms with Gasteiger partial charge in [-0.15, -0.1) is 0 Å². The van der Waals surface area contributed by atoms with Gasteiger partial charge in [0.1, 0.15) is 17.4 Å². The summed E-state index contributed by atoms with van der Waals surface area (Å²) in [6, 6.07) is 9.71. The Morgan fingerprint density at radius 1 is 1.04 bits per heavy atom. The van der Waals surface area contributed by atoms with E-state index in [2.05, 4.69) is 12.2 Å². The first-order valence-corrected chi connectivity index (χ1v) is 8.09. The van der Waals surface area contributed by atoms with Crippen molar-refractivity contribution in [1.29, 1.82) is 0 Å². The average molecular weight is 333 g/mol. The molecule has 0 saturated carbocycles. The van der Waals surface area contributed by atoms with Gasteiger partial charge in [-0.3, -0.25) is 4.79 Å². The van der Waals surface area contributed by atoms with Crippen molar-refractivity contribution in [3.05, 3.63) is 59.7 Å². The molecular weight excluding hydrogens is 312 g/mol. The SMILES string of the molecule is CCCCCCOc1ccc(NC(=O)c2ccc(F)cc2F)cc1. The Balaban J connectivity index is 1.88. The van der Waals surface area contributed by atoms with Crippen molar-refractivity contribution in [2.24, 2.45) is 0 Å². The molecule has 128 valence electrons. The van der Waals surface area contributed by atoms with Crippen LogP contribution in [0.4, 0.5) is 14.5 Å². The topological polar surface area (TPSA) is 38.3 Å².